The third-order valence-electron chi connectivity index (χ3n) is 11.2. The molecule has 2 aromatic heterocycles. The number of hydrogen-bond donors (Lipinski definition) is 3. The van der Waals surface area contributed by atoms with Crippen LogP contribution in [0.15, 0.2) is 91.3 Å². The predicted molar refractivity (Wildman–Crippen MR) is 215 cm³/mol. The third kappa shape index (κ3) is 8.20. The zero-order chi connectivity index (χ0) is 40.2. The maximum absolute atomic E-state index is 13.6. The lowest BCUT2D eigenvalue weighted by Crippen LogP contribution is -2.51. The van der Waals surface area contributed by atoms with Crippen LogP contribution in [-0.2, 0) is 30.3 Å². The molecule has 3 fully saturated rings. The van der Waals surface area contributed by atoms with Crippen molar-refractivity contribution < 1.29 is 33.3 Å². The van der Waals surface area contributed by atoms with Crippen LogP contribution in [0.2, 0.25) is 0 Å². The Balaban J connectivity index is 0.929. The number of nitrogens with zero attached hydrogens (tertiary/aromatic N) is 4. The minimum atomic E-state index is -0.890. The monoisotopic (exact) mass is 787 g/mol. The van der Waals surface area contributed by atoms with Gasteiger partial charge in [-0.1, -0.05) is 92.7 Å². The van der Waals surface area contributed by atoms with Crippen molar-refractivity contribution in [1.29, 1.82) is 0 Å². The number of benzene rings is 3. The summed E-state index contributed by atoms with van der Waals surface area (Å²) in [6.07, 6.45) is 5.42. The number of ether oxygens (including phenoxy) is 4. The highest BCUT2D eigenvalue weighted by molar-refractivity contribution is 5.86. The molecule has 8 rings (SSSR count). The van der Waals surface area contributed by atoms with Crippen molar-refractivity contribution in [3.63, 3.8) is 0 Å². The highest BCUT2D eigenvalue weighted by Crippen LogP contribution is 2.42. The molecular weight excluding hydrogens is 739 g/mol. The molecule has 5 heterocycles. The Morgan fingerprint density at radius 2 is 1.40 bits per heavy atom. The summed E-state index contributed by atoms with van der Waals surface area (Å²) in [5.41, 5.74) is 6.64. The quantitative estimate of drug-likeness (QED) is 0.131. The van der Waals surface area contributed by atoms with E-state index in [2.05, 4.69) is 68.8 Å². The number of likely N-dealkylation sites (tertiary alicyclic amines) is 2. The minimum absolute atomic E-state index is 0.105. The maximum atomic E-state index is 13.6. The molecule has 3 aliphatic rings. The molecule has 3 aliphatic heterocycles. The van der Waals surface area contributed by atoms with E-state index in [4.69, 9.17) is 23.9 Å². The van der Waals surface area contributed by atoms with E-state index in [1.807, 2.05) is 49.1 Å². The number of carbonyl (C=O) groups excluding carboxylic acids is 3. The van der Waals surface area contributed by atoms with Gasteiger partial charge in [-0.15, -0.1) is 0 Å². The van der Waals surface area contributed by atoms with Crippen molar-refractivity contribution in [3.05, 3.63) is 108 Å². The lowest BCUT2D eigenvalue weighted by molar-refractivity contribution is -0.257. The van der Waals surface area contributed by atoms with Gasteiger partial charge in [-0.2, -0.15) is 0 Å². The van der Waals surface area contributed by atoms with Crippen LogP contribution in [0, 0.1) is 5.92 Å². The lowest BCUT2D eigenvalue weighted by atomic mass is 10.0. The number of rotatable bonds is 10. The number of imidazole rings is 2. The minimum Gasteiger partial charge on any atom is -0.453 e. The SMILES string of the molecule is COC(=O)N[C@H](C(=O)N1CCCC1c1ncc(-c2ccc(-c3ccc(-c4cnc([C@@H]5CC6(CN5C(=O)OCc5ccccc5)OCCCO6)[nH]4)cc3)cc2)[nH]1)C(C)C. The highest BCUT2D eigenvalue weighted by atomic mass is 16.7. The van der Waals surface area contributed by atoms with Gasteiger partial charge in [0.15, 0.2) is 5.79 Å². The summed E-state index contributed by atoms with van der Waals surface area (Å²) in [5, 5.41) is 2.70. The summed E-state index contributed by atoms with van der Waals surface area (Å²) in [5.74, 6) is 0.233. The fourth-order valence-corrected chi connectivity index (χ4v) is 8.09. The first kappa shape index (κ1) is 38.9. The Morgan fingerprint density at radius 3 is 1.98 bits per heavy atom. The van der Waals surface area contributed by atoms with Gasteiger partial charge in [0.25, 0.3) is 0 Å². The van der Waals surface area contributed by atoms with E-state index in [-0.39, 0.29) is 31.0 Å². The van der Waals surface area contributed by atoms with E-state index in [9.17, 15) is 14.4 Å². The maximum Gasteiger partial charge on any atom is 0.410 e. The standard InChI is InChI=1S/C44H49N7O7/c1-28(2)38(49-42(53)55-3)41(52)50-20-7-11-36(50)39-45-24-34(47-39)32-16-12-30(13-17-32)31-14-18-33(19-15-31)35-25-46-40(48-35)37-23-44(57-21-8-22-58-44)27-51(37)43(54)56-26-29-9-5-4-6-10-29/h4-6,9-10,12-19,24-25,28,36-38H,7-8,11,20-23,26-27H2,1-3H3,(H,45,47)(H,46,48)(H,49,53)/t36?,37-,38-/m0/s1. The van der Waals surface area contributed by atoms with Crippen LogP contribution in [0.5, 0.6) is 0 Å². The molecule has 3 N–H and O–H groups in total. The molecule has 14 nitrogen and oxygen atoms in total. The summed E-state index contributed by atoms with van der Waals surface area (Å²) in [4.78, 5) is 58.8. The summed E-state index contributed by atoms with van der Waals surface area (Å²) >= 11 is 0. The number of hydrogen-bond acceptors (Lipinski definition) is 9. The number of alkyl carbamates (subject to hydrolysis) is 1. The van der Waals surface area contributed by atoms with Crippen LogP contribution in [0.1, 0.15) is 68.8 Å². The molecule has 302 valence electrons. The molecule has 14 heteroatoms. The van der Waals surface area contributed by atoms with Crippen molar-refractivity contribution >= 4 is 18.1 Å². The summed E-state index contributed by atoms with van der Waals surface area (Å²) in [6.45, 7) is 5.97. The molecule has 3 amide bonds. The predicted octanol–water partition coefficient (Wildman–Crippen LogP) is 7.39. The summed E-state index contributed by atoms with van der Waals surface area (Å²) in [7, 11) is 1.29. The van der Waals surface area contributed by atoms with Gasteiger partial charge in [0.1, 0.15) is 24.3 Å². The second-order valence-electron chi connectivity index (χ2n) is 15.4. The number of methoxy groups -OCH3 is 1. The molecule has 0 aliphatic carbocycles. The number of H-pyrrole nitrogens is 2. The Labute approximate surface area is 337 Å². The summed E-state index contributed by atoms with van der Waals surface area (Å²) < 4.78 is 22.7. The number of nitrogens with one attached hydrogen (secondary N) is 3. The van der Waals surface area contributed by atoms with Crippen LogP contribution in [0.25, 0.3) is 33.6 Å². The van der Waals surface area contributed by atoms with Gasteiger partial charge in [-0.25, -0.2) is 19.6 Å². The van der Waals surface area contributed by atoms with Crippen LogP contribution in [-0.4, -0.2) is 93.1 Å². The van der Waals surface area contributed by atoms with Crippen molar-refractivity contribution in [2.45, 2.75) is 70.1 Å². The number of carbonyl (C=O) groups is 3. The zero-order valence-electron chi connectivity index (χ0n) is 33.0. The topological polar surface area (TPSA) is 164 Å². The van der Waals surface area contributed by atoms with Crippen molar-refractivity contribution in [2.75, 3.05) is 33.4 Å². The van der Waals surface area contributed by atoms with Gasteiger partial charge >= 0.3 is 12.2 Å². The number of amides is 3. The van der Waals surface area contributed by atoms with E-state index < -0.39 is 30.1 Å². The van der Waals surface area contributed by atoms with Gasteiger partial charge in [0, 0.05) is 13.0 Å². The van der Waals surface area contributed by atoms with Crippen molar-refractivity contribution in [3.8, 4) is 33.6 Å². The van der Waals surface area contributed by atoms with Gasteiger partial charge in [-0.3, -0.25) is 9.69 Å². The highest BCUT2D eigenvalue weighted by Gasteiger charge is 2.51. The van der Waals surface area contributed by atoms with E-state index >= 15 is 0 Å². The molecule has 0 radical (unpaired) electrons. The van der Waals surface area contributed by atoms with Crippen LogP contribution >= 0.6 is 0 Å². The van der Waals surface area contributed by atoms with E-state index in [1.165, 1.54) is 7.11 Å². The fraction of sp³-hybridized carbons (Fsp3) is 0.386. The molecule has 3 aromatic carbocycles. The fourth-order valence-electron chi connectivity index (χ4n) is 8.09. The molecule has 58 heavy (non-hydrogen) atoms. The first-order valence-corrected chi connectivity index (χ1v) is 19.9. The normalized spacial score (nSPS) is 19.4. The first-order valence-electron chi connectivity index (χ1n) is 19.9. The largest absolute Gasteiger partial charge is 0.453 e. The van der Waals surface area contributed by atoms with Crippen LogP contribution in [0.4, 0.5) is 9.59 Å². The van der Waals surface area contributed by atoms with E-state index in [1.54, 1.807) is 17.3 Å². The second-order valence-corrected chi connectivity index (χ2v) is 15.4. The Kier molecular flexibility index (Phi) is 11.3. The average molecular weight is 788 g/mol. The molecule has 1 spiro atoms. The zero-order valence-corrected chi connectivity index (χ0v) is 33.0. The Hall–Kier alpha value is -5.99. The first-order chi connectivity index (χ1) is 28.2. The van der Waals surface area contributed by atoms with Gasteiger partial charge in [0.2, 0.25) is 5.91 Å². The molecule has 0 saturated carbocycles. The van der Waals surface area contributed by atoms with Gasteiger partial charge in [0.05, 0.1) is 62.7 Å². The second kappa shape index (κ2) is 16.9. The molecule has 0 bridgehead atoms. The van der Waals surface area contributed by atoms with Crippen LogP contribution in [0.3, 0.4) is 0 Å². The molecule has 3 saturated heterocycles. The van der Waals surface area contributed by atoms with Crippen molar-refractivity contribution in [1.82, 2.24) is 35.1 Å². The van der Waals surface area contributed by atoms with E-state index in [0.29, 0.717) is 32.0 Å². The lowest BCUT2D eigenvalue weighted by Gasteiger charge is -2.33. The Morgan fingerprint density at radius 1 is 0.810 bits per heavy atom. The van der Waals surface area contributed by atoms with Crippen LogP contribution < -0.4 is 5.32 Å². The number of aromatic nitrogens is 4. The molecule has 3 atom stereocenters. The van der Waals surface area contributed by atoms with Crippen molar-refractivity contribution in [2.24, 2.45) is 5.92 Å². The number of aromatic amines is 2. The average Bonchev–Trinajstić information content (AvgIpc) is 4.09. The smallest absolute Gasteiger partial charge is 0.410 e. The molecule has 1 unspecified atom stereocenters. The van der Waals surface area contributed by atoms with Gasteiger partial charge < -0.3 is 39.1 Å². The molecule has 5 aromatic rings. The molecular formula is C44H49N7O7. The van der Waals surface area contributed by atoms with Gasteiger partial charge in [-0.05, 0) is 53.0 Å². The third-order valence-corrected chi connectivity index (χ3v) is 11.2. The summed E-state index contributed by atoms with van der Waals surface area (Å²) in [6, 6.07) is 24.8. The Bertz CT molecular complexity index is 2200. The van der Waals surface area contributed by atoms with E-state index in [0.717, 1.165) is 64.3 Å².